The predicted molar refractivity (Wildman–Crippen MR) is 164 cm³/mol. The van der Waals surface area contributed by atoms with Crippen molar-refractivity contribution in [2.24, 2.45) is 50.0 Å². The van der Waals surface area contributed by atoms with Crippen LogP contribution in [-0.2, 0) is 17.1 Å². The van der Waals surface area contributed by atoms with Gasteiger partial charge in [0.2, 0.25) is 0 Å². The number of piperidine rings is 2. The van der Waals surface area contributed by atoms with E-state index in [1.54, 1.807) is 0 Å². The van der Waals surface area contributed by atoms with Crippen LogP contribution in [0.15, 0.2) is 20.5 Å². The molecule has 6 fully saturated rings. The number of aliphatic hydroxyl groups excluding tert-OH is 2. The molecule has 4 aliphatic carbocycles. The average molecular weight is 711 g/mol. The van der Waals surface area contributed by atoms with Crippen molar-refractivity contribution in [1.82, 2.24) is 10.6 Å². The molecule has 263 valence electrons. The summed E-state index contributed by atoms with van der Waals surface area (Å²) in [6.45, 7) is 2.03. The first-order valence-corrected chi connectivity index (χ1v) is 17.9. The van der Waals surface area contributed by atoms with Crippen molar-refractivity contribution in [2.45, 2.75) is 164 Å². The summed E-state index contributed by atoms with van der Waals surface area (Å²) in [6.07, 6.45) is 11.7. The summed E-state index contributed by atoms with van der Waals surface area (Å²) in [4.78, 5) is 0. The second kappa shape index (κ2) is 17.3. The van der Waals surface area contributed by atoms with Crippen LogP contribution in [0.3, 0.4) is 0 Å². The van der Waals surface area contributed by atoms with E-state index in [0.717, 1.165) is 44.4 Å². The molecular weight excluding hydrogens is 656 g/mol. The van der Waals surface area contributed by atoms with E-state index in [0.29, 0.717) is 23.8 Å². The zero-order valence-electron chi connectivity index (χ0n) is 26.5. The van der Waals surface area contributed by atoms with Crippen molar-refractivity contribution in [3.63, 3.8) is 0 Å². The van der Waals surface area contributed by atoms with E-state index >= 15 is 0 Å². The largest absolute Gasteiger partial charge is 0.393 e. The number of halogens is 4. The maximum atomic E-state index is 12.8. The maximum Gasteiger partial charge on any atom is 0.393 e. The van der Waals surface area contributed by atoms with Crippen LogP contribution < -0.4 is 10.6 Å². The molecule has 13 unspecified atom stereocenters. The van der Waals surface area contributed by atoms with Gasteiger partial charge in [-0.25, -0.2) is 0 Å². The zero-order chi connectivity index (χ0) is 31.3. The Morgan fingerprint density at radius 2 is 1.24 bits per heavy atom. The minimum absolute atomic E-state index is 0. The van der Waals surface area contributed by atoms with E-state index in [1.807, 2.05) is 0 Å². The van der Waals surface area contributed by atoms with E-state index in [2.05, 4.69) is 38.0 Å². The normalized spacial score (nSPS) is 44.3. The Kier molecular flexibility index (Phi) is 14.4. The summed E-state index contributed by atoms with van der Waals surface area (Å²) in [5, 5.41) is 43.9. The smallest absolute Gasteiger partial charge is 0.391 e. The number of fused-ring (bicyclic) bond motifs is 2. The third-order valence-corrected chi connectivity index (χ3v) is 11.8. The van der Waals surface area contributed by atoms with Crippen molar-refractivity contribution in [1.29, 1.82) is 0 Å². The van der Waals surface area contributed by atoms with Gasteiger partial charge >= 0.3 is 6.18 Å². The van der Waals surface area contributed by atoms with Gasteiger partial charge in [0.15, 0.2) is 0 Å². The Morgan fingerprint density at radius 3 is 1.78 bits per heavy atom. The predicted octanol–water partition coefficient (Wildman–Crippen LogP) is 7.13. The third kappa shape index (κ3) is 10.1. The first-order valence-electron chi connectivity index (χ1n) is 17.5. The molecule has 0 aromatic carbocycles. The molecule has 0 aromatic heterocycles. The van der Waals surface area contributed by atoms with Gasteiger partial charge in [0.25, 0.3) is 0 Å². The summed E-state index contributed by atoms with van der Waals surface area (Å²) in [6, 6.07) is 0.370. The fraction of sp³-hybridized carbons (Fsp3) is 1.00. The van der Waals surface area contributed by atoms with E-state index in [4.69, 9.17) is 11.6 Å². The van der Waals surface area contributed by atoms with Gasteiger partial charge in [-0.3, -0.25) is 10.6 Å². The molecule has 6 rings (SSSR count). The Balaban J connectivity index is 0.000000203. The van der Waals surface area contributed by atoms with Crippen LogP contribution in [0.2, 0.25) is 0 Å². The zero-order valence-corrected chi connectivity index (χ0v) is 28.2. The number of nitrogens with zero attached hydrogens (tertiary/aromatic N) is 4. The standard InChI is InChI=1S/C16H25ClF3N3O.C16H29N3O.Cu/c17-12-7-10(16(18,19)20)8-21-15(12)23-22-14-11-4-2-1-3-9(11)5-6-13(14)24;1-11-5-4-8-15(17-11)18-19-16-13-7-3-2-6-12(13)9-10-14(16)20;/h9-15,21,24H,1-8H2;11-17,20H,2-10H2,1H3;. The van der Waals surface area contributed by atoms with Crippen molar-refractivity contribution >= 4 is 11.6 Å². The number of aliphatic hydroxyl groups is 2. The molecule has 8 nitrogen and oxygen atoms in total. The number of nitrogens with one attached hydrogen (secondary N) is 2. The SMILES string of the molecule is CC1CCCC(N=NC2C(O)CCC3CCCCC32)N1.OC1CCC2CCCCC2C1N=NC1NCC(C(F)(F)F)CC1Cl.[Cu]. The summed E-state index contributed by atoms with van der Waals surface area (Å²) < 4.78 is 38.3. The second-order valence-electron chi connectivity index (χ2n) is 14.5. The van der Waals surface area contributed by atoms with Crippen molar-refractivity contribution in [2.75, 3.05) is 6.54 Å². The topological polar surface area (TPSA) is 114 Å². The second-order valence-corrected chi connectivity index (χ2v) is 15.1. The van der Waals surface area contributed by atoms with Crippen LogP contribution in [0.1, 0.15) is 110 Å². The summed E-state index contributed by atoms with van der Waals surface area (Å²) in [5.74, 6) is 0.861. The van der Waals surface area contributed by atoms with Gasteiger partial charge < -0.3 is 10.2 Å². The Morgan fingerprint density at radius 1 is 0.689 bits per heavy atom. The molecule has 13 atom stereocenters. The molecule has 6 aliphatic rings. The minimum Gasteiger partial charge on any atom is -0.391 e. The Hall–Kier alpha value is -0.361. The number of hydrogen-bond acceptors (Lipinski definition) is 8. The third-order valence-electron chi connectivity index (χ3n) is 11.4. The van der Waals surface area contributed by atoms with Crippen LogP contribution in [0.5, 0.6) is 0 Å². The molecule has 4 N–H and O–H groups in total. The number of rotatable bonds is 4. The van der Waals surface area contributed by atoms with Crippen LogP contribution in [-0.4, -0.2) is 71.0 Å². The fourth-order valence-electron chi connectivity index (χ4n) is 8.84. The molecule has 2 saturated heterocycles. The van der Waals surface area contributed by atoms with Gasteiger partial charge in [0, 0.05) is 29.7 Å². The molecule has 4 saturated carbocycles. The van der Waals surface area contributed by atoms with Crippen LogP contribution >= 0.6 is 11.6 Å². The van der Waals surface area contributed by atoms with E-state index < -0.39 is 29.7 Å². The first-order chi connectivity index (χ1) is 21.1. The number of azo groups is 2. The van der Waals surface area contributed by atoms with Crippen LogP contribution in [0.4, 0.5) is 13.2 Å². The average Bonchev–Trinajstić information content (AvgIpc) is 3.00. The Labute approximate surface area is 282 Å². The van der Waals surface area contributed by atoms with Crippen LogP contribution in [0.25, 0.3) is 0 Å². The molecule has 2 heterocycles. The maximum absolute atomic E-state index is 12.8. The summed E-state index contributed by atoms with van der Waals surface area (Å²) in [7, 11) is 0. The molecule has 2 aliphatic heterocycles. The Bertz CT molecular complexity index is 966. The molecule has 0 aromatic rings. The van der Waals surface area contributed by atoms with E-state index in [-0.39, 0.29) is 54.4 Å². The molecule has 0 spiro atoms. The van der Waals surface area contributed by atoms with Crippen molar-refractivity contribution in [3.05, 3.63) is 0 Å². The van der Waals surface area contributed by atoms with Gasteiger partial charge in [-0.1, -0.05) is 38.5 Å². The molecule has 0 bridgehead atoms. The van der Waals surface area contributed by atoms with Crippen molar-refractivity contribution in [3.8, 4) is 0 Å². The molecule has 1 radical (unpaired) electrons. The summed E-state index contributed by atoms with van der Waals surface area (Å²) in [5.41, 5.74) is 0. The van der Waals surface area contributed by atoms with E-state index in [1.165, 1.54) is 57.8 Å². The van der Waals surface area contributed by atoms with Gasteiger partial charge in [0.1, 0.15) is 12.3 Å². The summed E-state index contributed by atoms with van der Waals surface area (Å²) >= 11 is 6.10. The van der Waals surface area contributed by atoms with E-state index in [9.17, 15) is 23.4 Å². The van der Waals surface area contributed by atoms with Crippen LogP contribution in [0, 0.1) is 29.6 Å². The quantitative estimate of drug-likeness (QED) is 0.141. The van der Waals surface area contributed by atoms with Gasteiger partial charge in [-0.15, -0.1) is 11.6 Å². The van der Waals surface area contributed by atoms with Crippen molar-refractivity contribution < 1.29 is 40.5 Å². The van der Waals surface area contributed by atoms with Gasteiger partial charge in [-0.2, -0.15) is 33.6 Å². The number of alkyl halides is 4. The number of hydrogen-bond donors (Lipinski definition) is 4. The molecule has 0 amide bonds. The molecule has 45 heavy (non-hydrogen) atoms. The fourth-order valence-corrected chi connectivity index (χ4v) is 9.20. The van der Waals surface area contributed by atoms with Gasteiger partial charge in [0.05, 0.1) is 35.6 Å². The monoisotopic (exact) mass is 709 g/mol. The molecule has 13 heteroatoms. The minimum atomic E-state index is -4.24. The molecular formula is C32H54ClCuF3N6O2. The first kappa shape index (κ1) is 37.5. The van der Waals surface area contributed by atoms with Gasteiger partial charge in [-0.05, 0) is 94.8 Å².